The number of nitrogens with one attached hydrogen (secondary N) is 2. The lowest BCUT2D eigenvalue weighted by atomic mass is 9.67. The molecule has 7 heteroatoms. The second-order valence-electron chi connectivity index (χ2n) is 5.22. The first-order valence-corrected chi connectivity index (χ1v) is 6.91. The van der Waals surface area contributed by atoms with Crippen molar-refractivity contribution < 1.29 is 4.52 Å². The van der Waals surface area contributed by atoms with E-state index in [9.17, 15) is 0 Å². The third-order valence-electron chi connectivity index (χ3n) is 4.00. The highest BCUT2D eigenvalue weighted by Gasteiger charge is 2.34. The van der Waals surface area contributed by atoms with Crippen molar-refractivity contribution in [3.8, 4) is 0 Å². The Morgan fingerprint density at radius 1 is 1.40 bits per heavy atom. The SMILES string of the molecule is CCC1(CNC(=NC)NCc2noc(C)n2)CCC1.I. The second-order valence-corrected chi connectivity index (χ2v) is 5.22. The molecule has 20 heavy (non-hydrogen) atoms. The van der Waals surface area contributed by atoms with E-state index in [-0.39, 0.29) is 24.0 Å². The van der Waals surface area contributed by atoms with E-state index in [0.717, 1.165) is 12.5 Å². The van der Waals surface area contributed by atoms with Crippen LogP contribution in [0.25, 0.3) is 0 Å². The average Bonchev–Trinajstić information content (AvgIpc) is 2.78. The Kier molecular flexibility index (Phi) is 6.70. The summed E-state index contributed by atoms with van der Waals surface area (Å²) in [5.41, 5.74) is 0.473. The van der Waals surface area contributed by atoms with Crippen LogP contribution in [0.1, 0.15) is 44.3 Å². The fraction of sp³-hybridized carbons (Fsp3) is 0.769. The maximum Gasteiger partial charge on any atom is 0.223 e. The van der Waals surface area contributed by atoms with Crippen LogP contribution in [0.5, 0.6) is 0 Å². The van der Waals surface area contributed by atoms with Gasteiger partial charge in [-0.05, 0) is 24.7 Å². The minimum absolute atomic E-state index is 0. The lowest BCUT2D eigenvalue weighted by molar-refractivity contribution is 0.131. The molecule has 0 radical (unpaired) electrons. The predicted octanol–water partition coefficient (Wildman–Crippen LogP) is 2.24. The molecule has 0 atom stereocenters. The molecule has 1 aromatic heterocycles. The van der Waals surface area contributed by atoms with Crippen LogP contribution < -0.4 is 10.6 Å². The van der Waals surface area contributed by atoms with Crippen molar-refractivity contribution in [1.29, 1.82) is 0 Å². The molecule has 1 aliphatic carbocycles. The van der Waals surface area contributed by atoms with E-state index in [1.807, 2.05) is 0 Å². The summed E-state index contributed by atoms with van der Waals surface area (Å²) < 4.78 is 4.93. The van der Waals surface area contributed by atoms with Gasteiger partial charge in [-0.15, -0.1) is 24.0 Å². The summed E-state index contributed by atoms with van der Waals surface area (Å²) in [6.07, 6.45) is 5.21. The standard InChI is InChI=1S/C13H23N5O.HI/c1-4-13(6-5-7-13)9-16-12(14-3)15-8-11-17-10(2)19-18-11;/h4-9H2,1-3H3,(H2,14,15,16);1H. The minimum atomic E-state index is 0. The summed E-state index contributed by atoms with van der Waals surface area (Å²) in [5.74, 6) is 2.02. The van der Waals surface area contributed by atoms with Gasteiger partial charge in [0.1, 0.15) is 0 Å². The van der Waals surface area contributed by atoms with Crippen molar-refractivity contribution in [3.63, 3.8) is 0 Å². The smallest absolute Gasteiger partial charge is 0.223 e. The molecule has 0 unspecified atom stereocenters. The van der Waals surface area contributed by atoms with Gasteiger partial charge >= 0.3 is 0 Å². The first-order chi connectivity index (χ1) is 9.17. The summed E-state index contributed by atoms with van der Waals surface area (Å²) in [6.45, 7) is 5.55. The molecular weight excluding hydrogens is 369 g/mol. The van der Waals surface area contributed by atoms with Gasteiger partial charge in [0.25, 0.3) is 0 Å². The van der Waals surface area contributed by atoms with Crippen LogP contribution in [-0.2, 0) is 6.54 Å². The van der Waals surface area contributed by atoms with Crippen molar-refractivity contribution >= 4 is 29.9 Å². The third kappa shape index (κ3) is 4.32. The highest BCUT2D eigenvalue weighted by Crippen LogP contribution is 2.42. The number of aryl methyl sites for hydroxylation is 1. The Balaban J connectivity index is 0.00000200. The van der Waals surface area contributed by atoms with Gasteiger partial charge in [-0.1, -0.05) is 18.5 Å². The zero-order valence-corrected chi connectivity index (χ0v) is 14.7. The highest BCUT2D eigenvalue weighted by molar-refractivity contribution is 14.0. The zero-order chi connectivity index (χ0) is 13.7. The van der Waals surface area contributed by atoms with Crippen LogP contribution in [-0.4, -0.2) is 29.7 Å². The van der Waals surface area contributed by atoms with Gasteiger partial charge in [-0.2, -0.15) is 4.98 Å². The molecule has 0 bridgehead atoms. The Bertz CT molecular complexity index is 436. The number of aromatic nitrogens is 2. The monoisotopic (exact) mass is 393 g/mol. The molecule has 114 valence electrons. The molecule has 0 aromatic carbocycles. The van der Waals surface area contributed by atoms with E-state index in [0.29, 0.717) is 23.7 Å². The number of halogens is 1. The van der Waals surface area contributed by atoms with Crippen LogP contribution in [0.3, 0.4) is 0 Å². The van der Waals surface area contributed by atoms with Crippen LogP contribution in [0.4, 0.5) is 0 Å². The molecule has 6 nitrogen and oxygen atoms in total. The van der Waals surface area contributed by atoms with Gasteiger partial charge in [0.05, 0.1) is 6.54 Å². The lowest BCUT2D eigenvalue weighted by Crippen LogP contribution is -2.46. The van der Waals surface area contributed by atoms with Gasteiger partial charge in [0, 0.05) is 20.5 Å². The summed E-state index contributed by atoms with van der Waals surface area (Å²) in [4.78, 5) is 8.36. The van der Waals surface area contributed by atoms with E-state index in [4.69, 9.17) is 4.52 Å². The van der Waals surface area contributed by atoms with Crippen molar-refractivity contribution in [2.24, 2.45) is 10.4 Å². The summed E-state index contributed by atoms with van der Waals surface area (Å²) in [7, 11) is 1.77. The summed E-state index contributed by atoms with van der Waals surface area (Å²) in [5, 5.41) is 10.4. The van der Waals surface area contributed by atoms with Crippen molar-refractivity contribution in [2.75, 3.05) is 13.6 Å². The van der Waals surface area contributed by atoms with Crippen LogP contribution in [0.2, 0.25) is 0 Å². The maximum atomic E-state index is 4.93. The van der Waals surface area contributed by atoms with E-state index in [1.54, 1.807) is 14.0 Å². The molecule has 0 saturated heterocycles. The highest BCUT2D eigenvalue weighted by atomic mass is 127. The van der Waals surface area contributed by atoms with E-state index >= 15 is 0 Å². The molecule has 0 amide bonds. The number of rotatable bonds is 5. The third-order valence-corrected chi connectivity index (χ3v) is 4.00. The van der Waals surface area contributed by atoms with Crippen molar-refractivity contribution in [1.82, 2.24) is 20.8 Å². The largest absolute Gasteiger partial charge is 0.356 e. The molecule has 0 aliphatic heterocycles. The Hall–Kier alpha value is -0.860. The van der Waals surface area contributed by atoms with Gasteiger partial charge in [-0.3, -0.25) is 4.99 Å². The lowest BCUT2D eigenvalue weighted by Gasteiger charge is -2.41. The normalized spacial score (nSPS) is 17.1. The quantitative estimate of drug-likeness (QED) is 0.456. The topological polar surface area (TPSA) is 75.3 Å². The molecule has 1 heterocycles. The van der Waals surface area contributed by atoms with Crippen molar-refractivity contribution in [2.45, 2.75) is 46.1 Å². The molecule has 2 rings (SSSR count). The molecule has 1 aliphatic rings. The molecule has 0 spiro atoms. The second kappa shape index (κ2) is 7.80. The van der Waals surface area contributed by atoms with Crippen LogP contribution in [0, 0.1) is 12.3 Å². The van der Waals surface area contributed by atoms with Gasteiger partial charge < -0.3 is 15.2 Å². The minimum Gasteiger partial charge on any atom is -0.356 e. The molecular formula is C13H24IN5O. The zero-order valence-electron chi connectivity index (χ0n) is 12.4. The van der Waals surface area contributed by atoms with Gasteiger partial charge in [0.2, 0.25) is 5.89 Å². The fourth-order valence-electron chi connectivity index (χ4n) is 2.40. The Labute approximate surface area is 137 Å². The van der Waals surface area contributed by atoms with Crippen LogP contribution in [0.15, 0.2) is 9.52 Å². The fourth-order valence-corrected chi connectivity index (χ4v) is 2.40. The molecule has 1 aromatic rings. The maximum absolute atomic E-state index is 4.93. The number of nitrogens with zero attached hydrogens (tertiary/aromatic N) is 3. The number of hydrogen-bond acceptors (Lipinski definition) is 4. The Morgan fingerprint density at radius 2 is 2.15 bits per heavy atom. The number of aliphatic imine (C=N–C) groups is 1. The first-order valence-electron chi connectivity index (χ1n) is 6.91. The van der Waals surface area contributed by atoms with Crippen LogP contribution >= 0.6 is 24.0 Å². The molecule has 1 fully saturated rings. The number of guanidine groups is 1. The average molecular weight is 393 g/mol. The molecule has 1 saturated carbocycles. The molecule has 2 N–H and O–H groups in total. The first kappa shape index (κ1) is 17.2. The van der Waals surface area contributed by atoms with E-state index in [1.165, 1.54) is 25.7 Å². The summed E-state index contributed by atoms with van der Waals surface area (Å²) in [6, 6.07) is 0. The Morgan fingerprint density at radius 3 is 2.60 bits per heavy atom. The van der Waals surface area contributed by atoms with Gasteiger partial charge in [-0.25, -0.2) is 0 Å². The van der Waals surface area contributed by atoms with Gasteiger partial charge in [0.15, 0.2) is 11.8 Å². The number of hydrogen-bond donors (Lipinski definition) is 2. The predicted molar refractivity (Wildman–Crippen MR) is 89.2 cm³/mol. The van der Waals surface area contributed by atoms with E-state index in [2.05, 4.69) is 32.7 Å². The summed E-state index contributed by atoms with van der Waals surface area (Å²) >= 11 is 0. The van der Waals surface area contributed by atoms with E-state index < -0.39 is 0 Å². The van der Waals surface area contributed by atoms with Crippen molar-refractivity contribution in [3.05, 3.63) is 11.7 Å².